The van der Waals surface area contributed by atoms with E-state index in [1.165, 1.54) is 64.7 Å². The minimum Gasteiger partial charge on any atom is -0.316 e. The molecule has 0 radical (unpaired) electrons. The molecular formula is C17H34N2. The lowest BCUT2D eigenvalue weighted by atomic mass is 9.77. The highest BCUT2D eigenvalue weighted by molar-refractivity contribution is 4.89. The average molecular weight is 266 g/mol. The number of rotatable bonds is 6. The maximum Gasteiger partial charge on any atom is 0.0126 e. The van der Waals surface area contributed by atoms with Gasteiger partial charge in [-0.15, -0.1) is 0 Å². The highest BCUT2D eigenvalue weighted by Gasteiger charge is 2.35. The summed E-state index contributed by atoms with van der Waals surface area (Å²) in [6.45, 7) is 12.2. The molecule has 1 N–H and O–H groups in total. The monoisotopic (exact) mass is 266 g/mol. The Morgan fingerprint density at radius 3 is 2.68 bits per heavy atom. The Balaban J connectivity index is 1.81. The third kappa shape index (κ3) is 4.19. The first-order valence-corrected chi connectivity index (χ1v) is 8.67. The van der Waals surface area contributed by atoms with Gasteiger partial charge >= 0.3 is 0 Å². The minimum atomic E-state index is 0.863. The lowest BCUT2D eigenvalue weighted by molar-refractivity contribution is 0.0955. The molecule has 1 aliphatic carbocycles. The molecule has 1 saturated heterocycles. The summed E-state index contributed by atoms with van der Waals surface area (Å²) in [5, 5.41) is 3.61. The van der Waals surface area contributed by atoms with Crippen LogP contribution in [-0.2, 0) is 0 Å². The average Bonchev–Trinajstić information content (AvgIpc) is 2.88. The zero-order chi connectivity index (χ0) is 13.7. The van der Waals surface area contributed by atoms with Gasteiger partial charge in [-0.1, -0.05) is 33.6 Å². The molecule has 0 aromatic heterocycles. The van der Waals surface area contributed by atoms with E-state index in [-0.39, 0.29) is 0 Å². The summed E-state index contributed by atoms with van der Waals surface area (Å²) in [6, 6.07) is 0.893. The van der Waals surface area contributed by atoms with Crippen LogP contribution in [0, 0.1) is 17.8 Å². The Bertz CT molecular complexity index is 252. The molecule has 2 heteroatoms. The standard InChI is InChI=1S/C17H34N2/c1-4-10-18-12-15-9-11-19(13-15)17-8-6-5-7-16(17)14(2)3/h14-18H,4-13H2,1-3H3. The first-order valence-electron chi connectivity index (χ1n) is 8.67. The Morgan fingerprint density at radius 2 is 1.95 bits per heavy atom. The summed E-state index contributed by atoms with van der Waals surface area (Å²) < 4.78 is 0. The van der Waals surface area contributed by atoms with E-state index in [2.05, 4.69) is 31.0 Å². The van der Waals surface area contributed by atoms with Crippen molar-refractivity contribution in [2.45, 2.75) is 65.3 Å². The predicted octanol–water partition coefficient (Wildman–Crippen LogP) is 3.52. The Labute approximate surface area is 120 Å². The van der Waals surface area contributed by atoms with Gasteiger partial charge in [0.25, 0.3) is 0 Å². The van der Waals surface area contributed by atoms with Crippen LogP contribution in [0.4, 0.5) is 0 Å². The van der Waals surface area contributed by atoms with Crippen molar-refractivity contribution < 1.29 is 0 Å². The Hall–Kier alpha value is -0.0800. The minimum absolute atomic E-state index is 0.863. The van der Waals surface area contributed by atoms with Crippen LogP contribution >= 0.6 is 0 Å². The quantitative estimate of drug-likeness (QED) is 0.740. The fourth-order valence-corrected chi connectivity index (χ4v) is 4.18. The summed E-state index contributed by atoms with van der Waals surface area (Å²) in [6.07, 6.45) is 8.53. The zero-order valence-electron chi connectivity index (χ0n) is 13.3. The molecule has 2 rings (SSSR count). The van der Waals surface area contributed by atoms with E-state index in [1.807, 2.05) is 0 Å². The van der Waals surface area contributed by atoms with Crippen molar-refractivity contribution in [3.63, 3.8) is 0 Å². The third-order valence-corrected chi connectivity index (χ3v) is 5.28. The molecule has 1 saturated carbocycles. The van der Waals surface area contributed by atoms with Crippen molar-refractivity contribution in [1.29, 1.82) is 0 Å². The van der Waals surface area contributed by atoms with Crippen LogP contribution in [-0.4, -0.2) is 37.1 Å². The predicted molar refractivity (Wildman–Crippen MR) is 83.4 cm³/mol. The Kier molecular flexibility index (Phi) is 6.15. The molecule has 0 amide bonds. The van der Waals surface area contributed by atoms with Crippen LogP contribution in [0.3, 0.4) is 0 Å². The smallest absolute Gasteiger partial charge is 0.0126 e. The second-order valence-corrected chi connectivity index (χ2v) is 7.11. The fraction of sp³-hybridized carbons (Fsp3) is 1.00. The lowest BCUT2D eigenvalue weighted by Gasteiger charge is -2.40. The molecule has 19 heavy (non-hydrogen) atoms. The molecule has 0 spiro atoms. The fourth-order valence-electron chi connectivity index (χ4n) is 4.18. The van der Waals surface area contributed by atoms with Gasteiger partial charge in [-0.2, -0.15) is 0 Å². The molecular weight excluding hydrogens is 232 g/mol. The maximum absolute atomic E-state index is 3.61. The van der Waals surface area contributed by atoms with E-state index in [0.29, 0.717) is 0 Å². The molecule has 0 aromatic carbocycles. The van der Waals surface area contributed by atoms with Gasteiger partial charge in [-0.25, -0.2) is 0 Å². The van der Waals surface area contributed by atoms with E-state index in [0.717, 1.165) is 23.8 Å². The van der Waals surface area contributed by atoms with E-state index >= 15 is 0 Å². The highest BCUT2D eigenvalue weighted by atomic mass is 15.2. The van der Waals surface area contributed by atoms with E-state index in [9.17, 15) is 0 Å². The molecule has 1 aliphatic heterocycles. The van der Waals surface area contributed by atoms with Gasteiger partial charge in [0.2, 0.25) is 0 Å². The molecule has 0 aromatic rings. The number of nitrogens with one attached hydrogen (secondary N) is 1. The van der Waals surface area contributed by atoms with E-state index in [1.54, 1.807) is 0 Å². The van der Waals surface area contributed by atoms with E-state index in [4.69, 9.17) is 0 Å². The molecule has 0 bridgehead atoms. The van der Waals surface area contributed by atoms with Crippen LogP contribution in [0.25, 0.3) is 0 Å². The third-order valence-electron chi connectivity index (χ3n) is 5.28. The first kappa shape index (κ1) is 15.3. The second-order valence-electron chi connectivity index (χ2n) is 7.11. The van der Waals surface area contributed by atoms with Gasteiger partial charge in [0.05, 0.1) is 0 Å². The topological polar surface area (TPSA) is 15.3 Å². The zero-order valence-corrected chi connectivity index (χ0v) is 13.3. The van der Waals surface area contributed by atoms with Crippen molar-refractivity contribution in [3.8, 4) is 0 Å². The molecule has 3 atom stereocenters. The van der Waals surface area contributed by atoms with Gasteiger partial charge in [0, 0.05) is 12.6 Å². The van der Waals surface area contributed by atoms with Gasteiger partial charge in [-0.05, 0) is 63.1 Å². The molecule has 2 fully saturated rings. The summed E-state index contributed by atoms with van der Waals surface area (Å²) in [5.74, 6) is 2.72. The van der Waals surface area contributed by atoms with Crippen molar-refractivity contribution >= 4 is 0 Å². The summed E-state index contributed by atoms with van der Waals surface area (Å²) in [7, 11) is 0. The largest absolute Gasteiger partial charge is 0.316 e. The molecule has 2 aliphatic rings. The molecule has 2 nitrogen and oxygen atoms in total. The molecule has 3 unspecified atom stereocenters. The first-order chi connectivity index (χ1) is 9.22. The number of hydrogen-bond acceptors (Lipinski definition) is 2. The highest BCUT2D eigenvalue weighted by Crippen LogP contribution is 2.35. The summed E-state index contributed by atoms with van der Waals surface area (Å²) in [5.41, 5.74) is 0. The van der Waals surface area contributed by atoms with Crippen molar-refractivity contribution in [2.75, 3.05) is 26.2 Å². The van der Waals surface area contributed by atoms with Crippen molar-refractivity contribution in [1.82, 2.24) is 10.2 Å². The molecule has 1 heterocycles. The second kappa shape index (κ2) is 7.64. The van der Waals surface area contributed by atoms with E-state index < -0.39 is 0 Å². The number of nitrogens with zero attached hydrogens (tertiary/aromatic N) is 1. The van der Waals surface area contributed by atoms with Crippen molar-refractivity contribution in [2.24, 2.45) is 17.8 Å². The van der Waals surface area contributed by atoms with Crippen LogP contribution in [0.2, 0.25) is 0 Å². The van der Waals surface area contributed by atoms with Crippen LogP contribution in [0.1, 0.15) is 59.3 Å². The summed E-state index contributed by atoms with van der Waals surface area (Å²) in [4.78, 5) is 2.84. The number of hydrogen-bond donors (Lipinski definition) is 1. The van der Waals surface area contributed by atoms with Gasteiger partial charge < -0.3 is 5.32 Å². The lowest BCUT2D eigenvalue weighted by Crippen LogP contribution is -2.43. The van der Waals surface area contributed by atoms with Crippen LogP contribution in [0.15, 0.2) is 0 Å². The van der Waals surface area contributed by atoms with Crippen LogP contribution in [0.5, 0.6) is 0 Å². The van der Waals surface area contributed by atoms with Gasteiger partial charge in [0.15, 0.2) is 0 Å². The molecule has 112 valence electrons. The van der Waals surface area contributed by atoms with Crippen LogP contribution < -0.4 is 5.32 Å². The maximum atomic E-state index is 3.61. The number of likely N-dealkylation sites (tertiary alicyclic amines) is 1. The van der Waals surface area contributed by atoms with Gasteiger partial charge in [-0.3, -0.25) is 4.90 Å². The summed E-state index contributed by atoms with van der Waals surface area (Å²) >= 11 is 0. The van der Waals surface area contributed by atoms with Crippen molar-refractivity contribution in [3.05, 3.63) is 0 Å². The van der Waals surface area contributed by atoms with Gasteiger partial charge in [0.1, 0.15) is 0 Å². The SMILES string of the molecule is CCCNCC1CCN(C2CCCCC2C(C)C)C1. The Morgan fingerprint density at radius 1 is 1.16 bits per heavy atom. The normalized spacial score (nSPS) is 33.2.